The van der Waals surface area contributed by atoms with Crippen molar-refractivity contribution in [2.75, 3.05) is 0 Å². The van der Waals surface area contributed by atoms with Gasteiger partial charge in [0.25, 0.3) is 0 Å². The van der Waals surface area contributed by atoms with Gasteiger partial charge in [0.15, 0.2) is 11.9 Å². The Morgan fingerprint density at radius 2 is 1.78 bits per heavy atom. The number of rotatable bonds is 5. The fourth-order valence-electron chi connectivity index (χ4n) is 2.15. The quantitative estimate of drug-likeness (QED) is 0.572. The second-order valence-corrected chi connectivity index (χ2v) is 6.50. The van der Waals surface area contributed by atoms with E-state index in [0.29, 0.717) is 22.6 Å². The summed E-state index contributed by atoms with van der Waals surface area (Å²) in [7, 11) is 0. The Kier molecular flexibility index (Phi) is 5.36. The van der Waals surface area contributed by atoms with Crippen LogP contribution < -0.4 is 0 Å². The number of esters is 1. The molecule has 1 aromatic carbocycles. The Balaban J connectivity index is 2.15. The molecule has 5 nitrogen and oxygen atoms in total. The molecular weight excluding hydrogens is 362 g/mol. The molecule has 6 heteroatoms. The highest BCUT2D eigenvalue weighted by Gasteiger charge is 2.27. The lowest BCUT2D eigenvalue weighted by Crippen LogP contribution is -2.25. The molecular formula is C17H18BrNO4. The summed E-state index contributed by atoms with van der Waals surface area (Å²) in [5.41, 5.74) is 1.25. The molecule has 1 heterocycles. The lowest BCUT2D eigenvalue weighted by Gasteiger charge is -2.13. The molecule has 0 radical (unpaired) electrons. The lowest BCUT2D eigenvalue weighted by atomic mass is 10.0. The van der Waals surface area contributed by atoms with Gasteiger partial charge in [-0.3, -0.25) is 4.79 Å². The first-order valence-corrected chi connectivity index (χ1v) is 8.07. The summed E-state index contributed by atoms with van der Waals surface area (Å²) in [6.07, 6.45) is -0.891. The third-order valence-corrected chi connectivity index (χ3v) is 3.93. The molecule has 0 fully saturated rings. The van der Waals surface area contributed by atoms with Crippen LogP contribution in [0.25, 0.3) is 0 Å². The second-order valence-electron chi connectivity index (χ2n) is 5.58. The van der Waals surface area contributed by atoms with Crippen LogP contribution in [-0.2, 0) is 4.74 Å². The maximum absolute atomic E-state index is 12.4. The van der Waals surface area contributed by atoms with E-state index >= 15 is 0 Å². The number of nitrogens with zero attached hydrogens (tertiary/aromatic N) is 1. The Hall–Kier alpha value is -1.95. The number of benzene rings is 1. The van der Waals surface area contributed by atoms with Gasteiger partial charge >= 0.3 is 5.97 Å². The van der Waals surface area contributed by atoms with Crippen LogP contribution in [0.15, 0.2) is 33.3 Å². The van der Waals surface area contributed by atoms with Gasteiger partial charge < -0.3 is 9.26 Å². The van der Waals surface area contributed by atoms with Crippen molar-refractivity contribution in [2.24, 2.45) is 0 Å². The van der Waals surface area contributed by atoms with Gasteiger partial charge in [-0.2, -0.15) is 0 Å². The van der Waals surface area contributed by atoms with Crippen LogP contribution in [0.2, 0.25) is 0 Å². The van der Waals surface area contributed by atoms with Gasteiger partial charge in [0, 0.05) is 16.0 Å². The number of ketones is 1. The fourth-order valence-corrected chi connectivity index (χ4v) is 2.42. The third-order valence-electron chi connectivity index (χ3n) is 3.40. The van der Waals surface area contributed by atoms with Gasteiger partial charge in [-0.1, -0.05) is 47.1 Å². The number of hydrogen-bond donors (Lipinski definition) is 0. The summed E-state index contributed by atoms with van der Waals surface area (Å²) < 4.78 is 11.4. The van der Waals surface area contributed by atoms with Crippen LogP contribution in [0.4, 0.5) is 0 Å². The largest absolute Gasteiger partial charge is 0.451 e. The number of hydrogen-bond acceptors (Lipinski definition) is 5. The molecule has 1 atom stereocenters. The van der Waals surface area contributed by atoms with E-state index in [0.717, 1.165) is 4.47 Å². The highest BCUT2D eigenvalue weighted by molar-refractivity contribution is 9.10. The van der Waals surface area contributed by atoms with Gasteiger partial charge in [0.1, 0.15) is 5.56 Å². The summed E-state index contributed by atoms with van der Waals surface area (Å²) in [5, 5.41) is 3.81. The highest BCUT2D eigenvalue weighted by Crippen LogP contribution is 2.23. The molecule has 0 bridgehead atoms. The number of ether oxygens (including phenoxy) is 1. The molecule has 0 aliphatic carbocycles. The number of Topliss-reactive ketones (excluding diaryl/α,β-unsaturated/α-hetero) is 1. The van der Waals surface area contributed by atoms with E-state index in [1.165, 1.54) is 0 Å². The minimum Gasteiger partial charge on any atom is -0.451 e. The summed E-state index contributed by atoms with van der Waals surface area (Å²) in [4.78, 5) is 24.7. The number of carbonyl (C=O) groups is 2. The minimum atomic E-state index is -0.891. The number of aromatic nitrogens is 1. The molecule has 0 aliphatic rings. The Morgan fingerprint density at radius 3 is 2.35 bits per heavy atom. The van der Waals surface area contributed by atoms with Gasteiger partial charge in [-0.05, 0) is 26.0 Å². The van der Waals surface area contributed by atoms with Crippen LogP contribution in [0, 0.1) is 6.92 Å². The predicted molar refractivity (Wildman–Crippen MR) is 88.7 cm³/mol. The normalized spacial score (nSPS) is 12.3. The van der Waals surface area contributed by atoms with Crippen molar-refractivity contribution >= 4 is 27.7 Å². The van der Waals surface area contributed by atoms with E-state index in [9.17, 15) is 9.59 Å². The molecule has 2 aromatic rings. The van der Waals surface area contributed by atoms with Crippen LogP contribution in [-0.4, -0.2) is 23.0 Å². The van der Waals surface area contributed by atoms with Crippen LogP contribution in [0.3, 0.4) is 0 Å². The van der Waals surface area contributed by atoms with Crippen molar-refractivity contribution in [3.8, 4) is 0 Å². The number of halogens is 1. The van der Waals surface area contributed by atoms with Crippen LogP contribution in [0.1, 0.15) is 58.9 Å². The van der Waals surface area contributed by atoms with Crippen molar-refractivity contribution in [1.82, 2.24) is 5.16 Å². The smallest absolute Gasteiger partial charge is 0.344 e. The van der Waals surface area contributed by atoms with Crippen molar-refractivity contribution in [2.45, 2.75) is 39.7 Å². The highest BCUT2D eigenvalue weighted by atomic mass is 79.9. The topological polar surface area (TPSA) is 69.4 Å². The summed E-state index contributed by atoms with van der Waals surface area (Å²) in [5.74, 6) is -0.386. The van der Waals surface area contributed by atoms with E-state index in [4.69, 9.17) is 9.26 Å². The average Bonchev–Trinajstić information content (AvgIpc) is 2.89. The molecule has 0 amide bonds. The zero-order chi connectivity index (χ0) is 17.1. The van der Waals surface area contributed by atoms with Crippen molar-refractivity contribution in [3.05, 3.63) is 51.3 Å². The summed E-state index contributed by atoms with van der Waals surface area (Å²) in [6, 6.07) is 6.90. The molecule has 0 saturated carbocycles. The number of carbonyl (C=O) groups excluding carboxylic acids is 2. The van der Waals surface area contributed by atoms with Crippen molar-refractivity contribution in [3.63, 3.8) is 0 Å². The monoisotopic (exact) mass is 379 g/mol. The molecule has 0 spiro atoms. The predicted octanol–water partition coefficient (Wildman–Crippen LogP) is 4.30. The second kappa shape index (κ2) is 7.08. The van der Waals surface area contributed by atoms with E-state index in [-0.39, 0.29) is 11.7 Å². The maximum atomic E-state index is 12.4. The minimum absolute atomic E-state index is 0.00349. The number of aryl methyl sites for hydroxylation is 1. The first kappa shape index (κ1) is 17.4. The average molecular weight is 380 g/mol. The van der Waals surface area contributed by atoms with Crippen LogP contribution in [0.5, 0.6) is 0 Å². The van der Waals surface area contributed by atoms with Gasteiger partial charge in [-0.15, -0.1) is 0 Å². The Morgan fingerprint density at radius 1 is 1.17 bits per heavy atom. The molecule has 122 valence electrons. The zero-order valence-electron chi connectivity index (χ0n) is 13.4. The maximum Gasteiger partial charge on any atom is 0.344 e. The Labute approximate surface area is 143 Å². The first-order valence-electron chi connectivity index (χ1n) is 7.28. The van der Waals surface area contributed by atoms with Gasteiger partial charge in [-0.25, -0.2) is 4.79 Å². The van der Waals surface area contributed by atoms with Crippen LogP contribution >= 0.6 is 15.9 Å². The standard InChI is InChI=1S/C17H18BrNO4/c1-9(2)16-14(10(3)19-23-16)17(21)22-11(4)15(20)12-5-7-13(18)8-6-12/h5-9,11H,1-4H3/t11-/m0/s1. The first-order chi connectivity index (χ1) is 10.8. The lowest BCUT2D eigenvalue weighted by molar-refractivity contribution is 0.0315. The van der Waals surface area contributed by atoms with E-state index in [1.807, 2.05) is 13.8 Å². The summed E-state index contributed by atoms with van der Waals surface area (Å²) >= 11 is 3.31. The molecule has 0 unspecified atom stereocenters. The molecule has 23 heavy (non-hydrogen) atoms. The Bertz CT molecular complexity index is 719. The van der Waals surface area contributed by atoms with Crippen molar-refractivity contribution < 1.29 is 18.8 Å². The SMILES string of the molecule is Cc1noc(C(C)C)c1C(=O)O[C@@H](C)C(=O)c1ccc(Br)cc1. The van der Waals surface area contributed by atoms with E-state index in [2.05, 4.69) is 21.1 Å². The van der Waals surface area contributed by atoms with E-state index in [1.54, 1.807) is 38.1 Å². The van der Waals surface area contributed by atoms with Crippen molar-refractivity contribution in [1.29, 1.82) is 0 Å². The molecule has 1 aromatic heterocycles. The summed E-state index contributed by atoms with van der Waals surface area (Å²) in [6.45, 7) is 7.02. The molecule has 0 saturated heterocycles. The molecule has 0 N–H and O–H groups in total. The molecule has 2 rings (SSSR count). The fraction of sp³-hybridized carbons (Fsp3) is 0.353. The van der Waals surface area contributed by atoms with Gasteiger partial charge in [0.2, 0.25) is 5.78 Å². The van der Waals surface area contributed by atoms with E-state index < -0.39 is 12.1 Å². The third kappa shape index (κ3) is 3.88. The van der Waals surface area contributed by atoms with Gasteiger partial charge in [0.05, 0.1) is 5.69 Å². The molecule has 0 aliphatic heterocycles. The zero-order valence-corrected chi connectivity index (χ0v) is 15.0.